The van der Waals surface area contributed by atoms with E-state index in [1.165, 1.54) is 0 Å². The molecule has 3 atom stereocenters. The van der Waals surface area contributed by atoms with E-state index in [1.54, 1.807) is 0 Å². The summed E-state index contributed by atoms with van der Waals surface area (Å²) in [5, 5.41) is 15.5. The lowest BCUT2D eigenvalue weighted by Gasteiger charge is -2.38. The van der Waals surface area contributed by atoms with E-state index in [4.69, 9.17) is 14.2 Å². The lowest BCUT2D eigenvalue weighted by atomic mass is 9.97. The fourth-order valence-corrected chi connectivity index (χ4v) is 6.68. The summed E-state index contributed by atoms with van der Waals surface area (Å²) in [7, 11) is 2.12. The number of rotatable bonds is 14. The van der Waals surface area contributed by atoms with E-state index in [0.29, 0.717) is 24.4 Å². The molecule has 0 radical (unpaired) electrons. The fraction of sp³-hybridized carbons (Fsp3) is 0.217. The summed E-state index contributed by atoms with van der Waals surface area (Å²) in [6, 6.07) is 46.8. The second kappa shape index (κ2) is 18.5. The molecule has 3 N–H and O–H groups in total. The molecule has 2 amide bonds. The number of aromatic nitrogens is 1. The number of carbonyl (C=O) groups is 1. The highest BCUT2D eigenvalue weighted by Gasteiger charge is 2.33. The number of hydrogen-bond acceptors (Lipinski definition) is 7. The molecule has 5 aromatic carbocycles. The van der Waals surface area contributed by atoms with Crippen LogP contribution in [0.5, 0.6) is 11.5 Å². The van der Waals surface area contributed by atoms with Crippen molar-refractivity contribution >= 4 is 11.7 Å². The van der Waals surface area contributed by atoms with Crippen molar-refractivity contribution in [1.82, 2.24) is 15.2 Å². The minimum Gasteiger partial charge on any atom is -0.457 e. The van der Waals surface area contributed by atoms with Gasteiger partial charge in [-0.05, 0) is 83.4 Å². The number of likely N-dealkylation sites (N-methyl/N-ethyl adjacent to an activating group) is 1. The Bertz CT molecular complexity index is 2100. The van der Waals surface area contributed by atoms with Crippen molar-refractivity contribution in [1.29, 1.82) is 0 Å². The minimum atomic E-state index is -0.556. The van der Waals surface area contributed by atoms with E-state index in [9.17, 15) is 9.90 Å². The van der Waals surface area contributed by atoms with Crippen molar-refractivity contribution in [3.63, 3.8) is 0 Å². The maximum Gasteiger partial charge on any atom is 0.319 e. The van der Waals surface area contributed by atoms with Crippen molar-refractivity contribution < 1.29 is 24.1 Å². The maximum atomic E-state index is 12.9. The molecular formula is C46H46N4O5. The Balaban J connectivity index is 0.990. The largest absolute Gasteiger partial charge is 0.457 e. The molecule has 0 spiro atoms. The van der Waals surface area contributed by atoms with Gasteiger partial charge in [0.25, 0.3) is 0 Å². The van der Waals surface area contributed by atoms with Crippen LogP contribution >= 0.6 is 0 Å². The van der Waals surface area contributed by atoms with Crippen LogP contribution in [0.2, 0.25) is 0 Å². The molecule has 1 aliphatic rings. The second-order valence-corrected chi connectivity index (χ2v) is 13.7. The van der Waals surface area contributed by atoms with E-state index in [-0.39, 0.29) is 24.8 Å². The van der Waals surface area contributed by atoms with E-state index >= 15 is 0 Å². The Morgan fingerprint density at radius 3 is 2.25 bits per heavy atom. The predicted molar refractivity (Wildman–Crippen MR) is 215 cm³/mol. The Morgan fingerprint density at radius 1 is 0.800 bits per heavy atom. The van der Waals surface area contributed by atoms with Crippen LogP contribution in [0.3, 0.4) is 0 Å². The van der Waals surface area contributed by atoms with Crippen molar-refractivity contribution in [2.45, 2.75) is 44.5 Å². The van der Waals surface area contributed by atoms with Gasteiger partial charge in [-0.15, -0.1) is 0 Å². The monoisotopic (exact) mass is 734 g/mol. The number of nitrogens with zero attached hydrogens (tertiary/aromatic N) is 2. The maximum absolute atomic E-state index is 12.9. The Morgan fingerprint density at radius 2 is 1.51 bits per heavy atom. The zero-order valence-corrected chi connectivity index (χ0v) is 30.9. The quantitative estimate of drug-likeness (QED) is 0.103. The SMILES string of the molecule is CN(CCc1ccccn1)CC1CC(c2ccc(CO)cc2)OC(c2ccc(-c3ccccc3CNC(=O)Nc3ccc(Oc4ccccc4)cc3)cc2)O1. The predicted octanol–water partition coefficient (Wildman–Crippen LogP) is 9.07. The third-order valence-electron chi connectivity index (χ3n) is 9.65. The van der Waals surface area contributed by atoms with Crippen LogP contribution < -0.4 is 15.4 Å². The van der Waals surface area contributed by atoms with Gasteiger partial charge in [-0.3, -0.25) is 4.98 Å². The first-order valence-electron chi connectivity index (χ1n) is 18.6. The number of aliphatic hydroxyl groups is 1. The van der Waals surface area contributed by atoms with Crippen molar-refractivity contribution in [2.75, 3.05) is 25.5 Å². The number of benzene rings is 5. The highest BCUT2D eigenvalue weighted by molar-refractivity contribution is 5.89. The molecule has 2 heterocycles. The molecule has 1 aliphatic heterocycles. The minimum absolute atomic E-state index is 0.000448. The second-order valence-electron chi connectivity index (χ2n) is 13.7. The number of aliphatic hydroxyl groups excluding tert-OH is 1. The van der Waals surface area contributed by atoms with Crippen molar-refractivity contribution in [3.8, 4) is 22.6 Å². The smallest absolute Gasteiger partial charge is 0.319 e. The molecule has 3 unspecified atom stereocenters. The van der Waals surface area contributed by atoms with Crippen LogP contribution in [0, 0.1) is 0 Å². The number of urea groups is 1. The number of pyridine rings is 1. The molecule has 1 fully saturated rings. The summed E-state index contributed by atoms with van der Waals surface area (Å²) < 4.78 is 19.1. The average molecular weight is 735 g/mol. The van der Waals surface area contributed by atoms with Crippen LogP contribution in [0.4, 0.5) is 10.5 Å². The zero-order valence-electron chi connectivity index (χ0n) is 30.9. The van der Waals surface area contributed by atoms with Crippen LogP contribution in [-0.4, -0.2) is 47.3 Å². The van der Waals surface area contributed by atoms with E-state index < -0.39 is 6.29 Å². The molecule has 1 aromatic heterocycles. The van der Waals surface area contributed by atoms with Gasteiger partial charge in [-0.25, -0.2) is 4.79 Å². The normalized spacial score (nSPS) is 16.7. The van der Waals surface area contributed by atoms with Crippen LogP contribution in [-0.2, 0) is 29.0 Å². The number of hydrogen-bond donors (Lipinski definition) is 3. The summed E-state index contributed by atoms with van der Waals surface area (Å²) in [6.45, 7) is 1.96. The standard InChI is InChI=1S/C46H46N4O5/c1-50(28-26-38-10-7-8-27-47-38)31-42-29-44(35-16-14-33(32-51)15-17-35)55-45(54-42)36-20-18-34(19-21-36)43-13-6-5-9-37(43)30-48-46(52)49-39-22-24-41(25-23-39)53-40-11-3-2-4-12-40/h2-25,27,42,44-45,51H,26,28-32H2,1H3,(H2,48,49,52). The Hall–Kier alpha value is -5.84. The van der Waals surface area contributed by atoms with Crippen molar-refractivity contribution in [3.05, 3.63) is 180 Å². The first-order chi connectivity index (χ1) is 27.0. The summed E-state index contributed by atoms with van der Waals surface area (Å²) in [5.74, 6) is 1.44. The first kappa shape index (κ1) is 37.5. The highest BCUT2D eigenvalue weighted by Crippen LogP contribution is 2.39. The average Bonchev–Trinajstić information content (AvgIpc) is 3.24. The van der Waals surface area contributed by atoms with Gasteiger partial charge in [0, 0.05) is 55.6 Å². The van der Waals surface area contributed by atoms with E-state index in [1.807, 2.05) is 115 Å². The van der Waals surface area contributed by atoms with Crippen LogP contribution in [0.1, 0.15) is 46.8 Å². The number of amides is 2. The van der Waals surface area contributed by atoms with Crippen molar-refractivity contribution in [2.24, 2.45) is 0 Å². The van der Waals surface area contributed by atoms with Crippen LogP contribution in [0.25, 0.3) is 11.1 Å². The summed E-state index contributed by atoms with van der Waals surface area (Å²) in [4.78, 5) is 19.7. The lowest BCUT2D eigenvalue weighted by molar-refractivity contribution is -0.252. The topological polar surface area (TPSA) is 105 Å². The number of nitrogens with one attached hydrogen (secondary N) is 2. The first-order valence-corrected chi connectivity index (χ1v) is 18.6. The van der Waals surface area contributed by atoms with Gasteiger partial charge in [0.15, 0.2) is 6.29 Å². The number of ether oxygens (including phenoxy) is 3. The Kier molecular flexibility index (Phi) is 12.6. The molecule has 9 heteroatoms. The summed E-state index contributed by atoms with van der Waals surface area (Å²) in [5.41, 5.74) is 7.62. The molecule has 280 valence electrons. The fourth-order valence-electron chi connectivity index (χ4n) is 6.68. The van der Waals surface area contributed by atoms with Gasteiger partial charge in [0.2, 0.25) is 0 Å². The molecule has 0 aliphatic carbocycles. The summed E-state index contributed by atoms with van der Waals surface area (Å²) in [6.07, 6.45) is 2.62. The molecule has 0 bridgehead atoms. The molecule has 55 heavy (non-hydrogen) atoms. The molecule has 1 saturated heterocycles. The van der Waals surface area contributed by atoms with Crippen LogP contribution in [0.15, 0.2) is 152 Å². The van der Waals surface area contributed by atoms with E-state index in [0.717, 1.165) is 64.3 Å². The molecular weight excluding hydrogens is 689 g/mol. The summed E-state index contributed by atoms with van der Waals surface area (Å²) >= 11 is 0. The van der Waals surface area contributed by atoms with Gasteiger partial charge in [-0.2, -0.15) is 0 Å². The van der Waals surface area contributed by atoms with Gasteiger partial charge in [0.1, 0.15) is 11.5 Å². The Labute approximate surface area is 322 Å². The van der Waals surface area contributed by atoms with E-state index in [2.05, 4.69) is 64.0 Å². The van der Waals surface area contributed by atoms with Gasteiger partial charge < -0.3 is 34.9 Å². The third-order valence-corrected chi connectivity index (χ3v) is 9.65. The van der Waals surface area contributed by atoms with Gasteiger partial charge >= 0.3 is 6.03 Å². The number of para-hydroxylation sites is 1. The number of anilines is 1. The molecule has 6 aromatic rings. The zero-order chi connectivity index (χ0) is 37.8. The highest BCUT2D eigenvalue weighted by atomic mass is 16.7. The number of carbonyl (C=O) groups excluding carboxylic acids is 1. The van der Waals surface area contributed by atoms with Gasteiger partial charge in [0.05, 0.1) is 18.8 Å². The third kappa shape index (κ3) is 10.4. The van der Waals surface area contributed by atoms with Gasteiger partial charge in [-0.1, -0.05) is 97.1 Å². The molecule has 7 rings (SSSR count). The molecule has 0 saturated carbocycles. The molecule has 9 nitrogen and oxygen atoms in total. The lowest BCUT2D eigenvalue weighted by Crippen LogP contribution is -2.38.